The van der Waals surface area contributed by atoms with Crippen molar-refractivity contribution in [1.82, 2.24) is 0 Å². The molecule has 0 N–H and O–H groups in total. The Morgan fingerprint density at radius 2 is 0.815 bits per heavy atom. The van der Waals surface area contributed by atoms with E-state index in [-0.39, 0.29) is 5.41 Å². The minimum absolute atomic E-state index is 0.144. The predicted octanol–water partition coefficient (Wildman–Crippen LogP) is 18.1. The SMILES string of the molecule is Cc1ccc(N(c2ccc(C)cc2)c2ccc3ccc4c(-c5ccc(-c6ccc7c(c6)C(C)(C)c6cc8c9ccccc9c9ccccc9c8cc6-7)c(C)c5)ccc5ccc2c3c54)cc1. The maximum Gasteiger partial charge on any atom is 0.0540 e. The first-order chi connectivity index (χ1) is 31.7. The maximum atomic E-state index is 2.50. The summed E-state index contributed by atoms with van der Waals surface area (Å²) < 4.78 is 0. The van der Waals surface area contributed by atoms with Crippen LogP contribution in [0.4, 0.5) is 17.1 Å². The molecule has 0 unspecified atom stereocenters. The van der Waals surface area contributed by atoms with E-state index in [1.807, 2.05) is 0 Å². The lowest BCUT2D eigenvalue weighted by Crippen LogP contribution is -2.15. The summed E-state index contributed by atoms with van der Waals surface area (Å²) in [5.41, 5.74) is 17.7. The summed E-state index contributed by atoms with van der Waals surface area (Å²) in [6.07, 6.45) is 0. The van der Waals surface area contributed by atoms with E-state index in [0.717, 1.165) is 11.4 Å². The van der Waals surface area contributed by atoms with Crippen LogP contribution >= 0.6 is 0 Å². The van der Waals surface area contributed by atoms with E-state index in [0.29, 0.717) is 0 Å². The molecule has 0 radical (unpaired) electrons. The molecule has 0 fully saturated rings. The lowest BCUT2D eigenvalue weighted by molar-refractivity contribution is 0.661. The van der Waals surface area contributed by atoms with Crippen molar-refractivity contribution in [2.45, 2.75) is 40.0 Å². The van der Waals surface area contributed by atoms with Crippen LogP contribution in [0.1, 0.15) is 41.7 Å². The Kier molecular flexibility index (Phi) is 8.07. The van der Waals surface area contributed by atoms with Gasteiger partial charge in [0, 0.05) is 22.2 Å². The van der Waals surface area contributed by atoms with Crippen molar-refractivity contribution in [2.75, 3.05) is 4.90 Å². The highest BCUT2D eigenvalue weighted by molar-refractivity contribution is 6.28. The quantitative estimate of drug-likeness (QED) is 0.156. The standard InChI is InChI=1S/C64H47N/c1-38-14-24-45(25-15-38)65(46-26-16-39(2)17-27-46)61-33-23-42-19-31-54-48(29-18-41-20-32-55(61)63(42)62(41)54)43-21-28-47(40(3)34-43)44-22-30-53-58-36-56-51-12-8-6-10-49(51)50-11-7-9-13-52(50)57(56)37-60(58)64(4,5)59(53)35-44/h6-37H,1-5H3. The lowest BCUT2D eigenvalue weighted by atomic mass is 9.80. The number of nitrogens with zero attached hydrogens (tertiary/aromatic N) is 1. The second-order valence-corrected chi connectivity index (χ2v) is 19.1. The molecule has 0 aliphatic heterocycles. The molecule has 0 amide bonds. The number of anilines is 3. The first-order valence-corrected chi connectivity index (χ1v) is 23.0. The first kappa shape index (κ1) is 37.8. The van der Waals surface area contributed by atoms with Crippen molar-refractivity contribution in [3.05, 3.63) is 222 Å². The summed E-state index contributed by atoms with van der Waals surface area (Å²) in [5, 5.41) is 15.6. The third-order valence-electron chi connectivity index (χ3n) is 14.9. The summed E-state index contributed by atoms with van der Waals surface area (Å²) in [6, 6.07) is 73.4. The topological polar surface area (TPSA) is 3.24 Å². The highest BCUT2D eigenvalue weighted by Crippen LogP contribution is 2.53. The van der Waals surface area contributed by atoms with E-state index < -0.39 is 0 Å². The van der Waals surface area contributed by atoms with Crippen molar-refractivity contribution in [1.29, 1.82) is 0 Å². The second-order valence-electron chi connectivity index (χ2n) is 19.1. The molecule has 12 aromatic rings. The highest BCUT2D eigenvalue weighted by Gasteiger charge is 2.36. The van der Waals surface area contributed by atoms with E-state index in [9.17, 15) is 0 Å². The zero-order chi connectivity index (χ0) is 43.7. The van der Waals surface area contributed by atoms with Crippen LogP contribution in [0.2, 0.25) is 0 Å². The molecule has 0 heterocycles. The fourth-order valence-electron chi connectivity index (χ4n) is 11.5. The van der Waals surface area contributed by atoms with Crippen LogP contribution in [0.3, 0.4) is 0 Å². The molecular weight excluding hydrogens is 783 g/mol. The van der Waals surface area contributed by atoms with Gasteiger partial charge in [0.15, 0.2) is 0 Å². The molecule has 1 nitrogen and oxygen atoms in total. The van der Waals surface area contributed by atoms with E-state index in [2.05, 4.69) is 234 Å². The average molecular weight is 830 g/mol. The van der Waals surface area contributed by atoms with Gasteiger partial charge >= 0.3 is 0 Å². The maximum absolute atomic E-state index is 2.50. The van der Waals surface area contributed by atoms with Crippen molar-refractivity contribution in [3.8, 4) is 33.4 Å². The Labute approximate surface area is 380 Å². The van der Waals surface area contributed by atoms with Gasteiger partial charge in [0.25, 0.3) is 0 Å². The largest absolute Gasteiger partial charge is 0.310 e. The van der Waals surface area contributed by atoms with E-state index in [4.69, 9.17) is 0 Å². The zero-order valence-corrected chi connectivity index (χ0v) is 37.4. The van der Waals surface area contributed by atoms with E-state index in [1.54, 1.807) is 0 Å². The van der Waals surface area contributed by atoms with Gasteiger partial charge in [-0.25, -0.2) is 0 Å². The number of hydrogen-bond acceptors (Lipinski definition) is 1. The van der Waals surface area contributed by atoms with Gasteiger partial charge in [0.2, 0.25) is 0 Å². The predicted molar refractivity (Wildman–Crippen MR) is 280 cm³/mol. The smallest absolute Gasteiger partial charge is 0.0540 e. The van der Waals surface area contributed by atoms with Gasteiger partial charge in [0.1, 0.15) is 0 Å². The first-order valence-electron chi connectivity index (χ1n) is 23.0. The molecule has 12 aromatic carbocycles. The third-order valence-corrected chi connectivity index (χ3v) is 14.9. The Morgan fingerprint density at radius 3 is 1.43 bits per heavy atom. The van der Waals surface area contributed by atoms with Crippen LogP contribution in [-0.2, 0) is 5.41 Å². The van der Waals surface area contributed by atoms with Gasteiger partial charge < -0.3 is 4.90 Å². The molecule has 65 heavy (non-hydrogen) atoms. The summed E-state index contributed by atoms with van der Waals surface area (Å²) >= 11 is 0. The molecule has 0 spiro atoms. The Morgan fingerprint density at radius 1 is 0.338 bits per heavy atom. The highest BCUT2D eigenvalue weighted by atomic mass is 15.1. The van der Waals surface area contributed by atoms with Crippen LogP contribution in [0.25, 0.3) is 98.0 Å². The van der Waals surface area contributed by atoms with Crippen LogP contribution in [0, 0.1) is 20.8 Å². The molecule has 1 aliphatic rings. The van der Waals surface area contributed by atoms with Crippen LogP contribution in [0.5, 0.6) is 0 Å². The fraction of sp³-hybridized carbons (Fsp3) is 0.0938. The monoisotopic (exact) mass is 829 g/mol. The molecule has 13 rings (SSSR count). The van der Waals surface area contributed by atoms with Crippen LogP contribution < -0.4 is 4.90 Å². The number of fused-ring (bicyclic) bond motifs is 9. The van der Waals surface area contributed by atoms with Crippen molar-refractivity contribution in [2.24, 2.45) is 0 Å². The van der Waals surface area contributed by atoms with Gasteiger partial charge in [-0.1, -0.05) is 171 Å². The minimum Gasteiger partial charge on any atom is -0.310 e. The molecule has 0 atom stereocenters. The molecule has 1 aliphatic carbocycles. The zero-order valence-electron chi connectivity index (χ0n) is 37.4. The number of benzene rings is 12. The lowest BCUT2D eigenvalue weighted by Gasteiger charge is -2.28. The molecule has 0 saturated heterocycles. The number of hydrogen-bond donors (Lipinski definition) is 0. The normalized spacial score (nSPS) is 13.1. The van der Waals surface area contributed by atoms with Crippen molar-refractivity contribution >= 4 is 81.7 Å². The van der Waals surface area contributed by atoms with Gasteiger partial charge in [-0.2, -0.15) is 0 Å². The molecule has 308 valence electrons. The molecule has 0 aromatic heterocycles. The van der Waals surface area contributed by atoms with Crippen molar-refractivity contribution < 1.29 is 0 Å². The van der Waals surface area contributed by atoms with Gasteiger partial charge in [0.05, 0.1) is 5.69 Å². The Balaban J connectivity index is 0.912. The average Bonchev–Trinajstić information content (AvgIpc) is 3.56. The summed E-state index contributed by atoms with van der Waals surface area (Å²) in [7, 11) is 0. The number of rotatable bonds is 5. The summed E-state index contributed by atoms with van der Waals surface area (Å²) in [4.78, 5) is 2.41. The Bertz CT molecular complexity index is 3880. The van der Waals surface area contributed by atoms with Gasteiger partial charge in [-0.15, -0.1) is 0 Å². The molecule has 0 bridgehead atoms. The van der Waals surface area contributed by atoms with Gasteiger partial charge in [-0.3, -0.25) is 0 Å². The van der Waals surface area contributed by atoms with E-state index in [1.165, 1.54) is 132 Å². The van der Waals surface area contributed by atoms with E-state index >= 15 is 0 Å². The summed E-state index contributed by atoms with van der Waals surface area (Å²) in [6.45, 7) is 11.4. The number of aryl methyl sites for hydroxylation is 3. The summed E-state index contributed by atoms with van der Waals surface area (Å²) in [5.74, 6) is 0. The fourth-order valence-corrected chi connectivity index (χ4v) is 11.5. The van der Waals surface area contributed by atoms with Crippen LogP contribution in [0.15, 0.2) is 194 Å². The Hall–Kier alpha value is -7.74. The minimum atomic E-state index is -0.144. The van der Waals surface area contributed by atoms with Gasteiger partial charge in [-0.05, 0) is 179 Å². The molecular formula is C64H47N. The molecule has 0 saturated carbocycles. The second kappa shape index (κ2) is 13.9. The molecule has 1 heteroatoms. The van der Waals surface area contributed by atoms with Crippen molar-refractivity contribution in [3.63, 3.8) is 0 Å². The van der Waals surface area contributed by atoms with Crippen LogP contribution in [-0.4, -0.2) is 0 Å². The third kappa shape index (κ3) is 5.58.